The summed E-state index contributed by atoms with van der Waals surface area (Å²) in [6.07, 6.45) is 0. The molecule has 1 saturated heterocycles. The van der Waals surface area contributed by atoms with Gasteiger partial charge in [-0.15, -0.1) is 11.6 Å². The third-order valence-electron chi connectivity index (χ3n) is 2.46. The summed E-state index contributed by atoms with van der Waals surface area (Å²) in [7, 11) is 0. The fourth-order valence-corrected chi connectivity index (χ4v) is 1.84. The molecule has 0 bridgehead atoms. The van der Waals surface area contributed by atoms with Crippen LogP contribution in [-0.4, -0.2) is 19.1 Å². The Morgan fingerprint density at radius 3 is 2.54 bits per heavy atom. The summed E-state index contributed by atoms with van der Waals surface area (Å²) in [5.41, 5.74) is 0.392. The Hall–Kier alpha value is -0.600. The fourth-order valence-electron chi connectivity index (χ4n) is 1.54. The van der Waals surface area contributed by atoms with Gasteiger partial charge in [0.05, 0.1) is 18.6 Å². The zero-order chi connectivity index (χ0) is 9.31. The highest BCUT2D eigenvalue weighted by Gasteiger charge is 2.41. The minimum Gasteiger partial charge on any atom is -0.379 e. The molecule has 1 heterocycles. The summed E-state index contributed by atoms with van der Waals surface area (Å²) in [5, 5.41) is 0. The minimum absolute atomic E-state index is 0.188. The van der Waals surface area contributed by atoms with Crippen molar-refractivity contribution in [1.29, 1.82) is 0 Å². The van der Waals surface area contributed by atoms with Crippen LogP contribution in [0.4, 0.5) is 4.39 Å². The average molecular weight is 201 g/mol. The van der Waals surface area contributed by atoms with Gasteiger partial charge in [0.25, 0.3) is 0 Å². The first-order chi connectivity index (χ1) is 6.28. The Kier molecular flexibility index (Phi) is 2.26. The van der Waals surface area contributed by atoms with Gasteiger partial charge < -0.3 is 4.74 Å². The summed E-state index contributed by atoms with van der Waals surface area (Å²) in [6, 6.07) is 6.74. The molecule has 0 aliphatic carbocycles. The van der Waals surface area contributed by atoms with E-state index in [-0.39, 0.29) is 11.2 Å². The minimum atomic E-state index is -0.285. The SMILES string of the molecule is Fc1ccccc1C1(CCl)COC1. The van der Waals surface area contributed by atoms with E-state index in [9.17, 15) is 4.39 Å². The molecule has 0 saturated carbocycles. The van der Waals surface area contributed by atoms with Crippen molar-refractivity contribution in [3.05, 3.63) is 35.6 Å². The Labute approximate surface area is 81.5 Å². The van der Waals surface area contributed by atoms with E-state index in [1.54, 1.807) is 12.1 Å². The average Bonchev–Trinajstić information content (AvgIpc) is 2.07. The van der Waals surface area contributed by atoms with Crippen LogP contribution in [0, 0.1) is 5.82 Å². The number of benzene rings is 1. The van der Waals surface area contributed by atoms with Crippen molar-refractivity contribution < 1.29 is 9.13 Å². The van der Waals surface area contributed by atoms with E-state index in [2.05, 4.69) is 0 Å². The topological polar surface area (TPSA) is 9.23 Å². The quantitative estimate of drug-likeness (QED) is 0.666. The van der Waals surface area contributed by atoms with Crippen molar-refractivity contribution in [2.75, 3.05) is 19.1 Å². The maximum Gasteiger partial charge on any atom is 0.127 e. The molecule has 1 aliphatic rings. The number of ether oxygens (including phenoxy) is 1. The molecule has 0 amide bonds. The van der Waals surface area contributed by atoms with Crippen LogP contribution in [0.1, 0.15) is 5.56 Å². The lowest BCUT2D eigenvalue weighted by Gasteiger charge is -2.40. The van der Waals surface area contributed by atoms with Gasteiger partial charge in [0.15, 0.2) is 0 Å². The second-order valence-electron chi connectivity index (χ2n) is 3.39. The van der Waals surface area contributed by atoms with Gasteiger partial charge in [-0.3, -0.25) is 0 Å². The van der Waals surface area contributed by atoms with Crippen molar-refractivity contribution in [3.63, 3.8) is 0 Å². The smallest absolute Gasteiger partial charge is 0.127 e. The number of hydrogen-bond acceptors (Lipinski definition) is 1. The summed E-state index contributed by atoms with van der Waals surface area (Å²) < 4.78 is 18.5. The maximum absolute atomic E-state index is 13.4. The van der Waals surface area contributed by atoms with Gasteiger partial charge in [-0.2, -0.15) is 0 Å². The third-order valence-corrected chi connectivity index (χ3v) is 2.97. The number of halogens is 2. The summed E-state index contributed by atoms with van der Waals surface area (Å²) >= 11 is 5.82. The molecule has 0 N–H and O–H groups in total. The molecule has 1 nitrogen and oxygen atoms in total. The van der Waals surface area contributed by atoms with Crippen molar-refractivity contribution in [2.24, 2.45) is 0 Å². The second kappa shape index (κ2) is 3.28. The van der Waals surface area contributed by atoms with Crippen LogP contribution in [0.15, 0.2) is 24.3 Å². The molecule has 2 rings (SSSR count). The van der Waals surface area contributed by atoms with Gasteiger partial charge >= 0.3 is 0 Å². The molecule has 3 heteroatoms. The lowest BCUT2D eigenvalue weighted by atomic mass is 9.80. The molecule has 1 aliphatic heterocycles. The highest BCUT2D eigenvalue weighted by molar-refractivity contribution is 6.18. The van der Waals surface area contributed by atoms with Crippen LogP contribution in [0.2, 0.25) is 0 Å². The molecule has 0 atom stereocenters. The van der Waals surface area contributed by atoms with Gasteiger partial charge in [0.2, 0.25) is 0 Å². The highest BCUT2D eigenvalue weighted by Crippen LogP contribution is 2.34. The zero-order valence-corrected chi connectivity index (χ0v) is 7.85. The van der Waals surface area contributed by atoms with E-state index in [1.165, 1.54) is 6.07 Å². The summed E-state index contributed by atoms with van der Waals surface area (Å²) in [6.45, 7) is 1.05. The fraction of sp³-hybridized carbons (Fsp3) is 0.400. The van der Waals surface area contributed by atoms with Crippen molar-refractivity contribution in [1.82, 2.24) is 0 Å². The van der Waals surface area contributed by atoms with E-state index in [0.717, 1.165) is 0 Å². The highest BCUT2D eigenvalue weighted by atomic mass is 35.5. The molecule has 13 heavy (non-hydrogen) atoms. The monoisotopic (exact) mass is 200 g/mol. The molecular weight excluding hydrogens is 191 g/mol. The largest absolute Gasteiger partial charge is 0.379 e. The summed E-state index contributed by atoms with van der Waals surface area (Å²) in [5.74, 6) is 0.222. The van der Waals surface area contributed by atoms with E-state index in [0.29, 0.717) is 24.7 Å². The zero-order valence-electron chi connectivity index (χ0n) is 7.09. The predicted molar refractivity (Wildman–Crippen MR) is 49.6 cm³/mol. The molecule has 1 aromatic rings. The van der Waals surface area contributed by atoms with Gasteiger partial charge in [-0.1, -0.05) is 18.2 Å². The predicted octanol–water partition coefficient (Wildman–Crippen LogP) is 2.33. The molecule has 0 radical (unpaired) electrons. The van der Waals surface area contributed by atoms with Gasteiger partial charge in [-0.25, -0.2) is 4.39 Å². The molecule has 1 aromatic carbocycles. The van der Waals surface area contributed by atoms with Crippen LogP contribution >= 0.6 is 11.6 Å². The van der Waals surface area contributed by atoms with Crippen LogP contribution in [0.5, 0.6) is 0 Å². The first-order valence-corrected chi connectivity index (χ1v) is 4.71. The first kappa shape index (κ1) is 8.97. The Bertz CT molecular complexity index is 304. The van der Waals surface area contributed by atoms with E-state index >= 15 is 0 Å². The Balaban J connectivity index is 2.38. The molecule has 70 valence electrons. The molecule has 0 spiro atoms. The Morgan fingerprint density at radius 2 is 2.08 bits per heavy atom. The lowest BCUT2D eigenvalue weighted by molar-refractivity contribution is -0.0495. The molecular formula is C10H10ClFO. The van der Waals surface area contributed by atoms with E-state index in [1.807, 2.05) is 6.07 Å². The molecule has 0 unspecified atom stereocenters. The normalized spacial score (nSPS) is 19.5. The van der Waals surface area contributed by atoms with Gasteiger partial charge in [0.1, 0.15) is 5.82 Å². The van der Waals surface area contributed by atoms with Crippen LogP contribution < -0.4 is 0 Å². The van der Waals surface area contributed by atoms with Gasteiger partial charge in [0, 0.05) is 5.88 Å². The lowest BCUT2D eigenvalue weighted by Crippen LogP contribution is -2.48. The van der Waals surface area contributed by atoms with Crippen LogP contribution in [0.3, 0.4) is 0 Å². The maximum atomic E-state index is 13.4. The standard InChI is InChI=1S/C10H10ClFO/c11-5-10(6-13-7-10)8-3-1-2-4-9(8)12/h1-4H,5-7H2. The number of alkyl halides is 1. The van der Waals surface area contributed by atoms with E-state index in [4.69, 9.17) is 16.3 Å². The van der Waals surface area contributed by atoms with Crippen molar-refractivity contribution in [3.8, 4) is 0 Å². The van der Waals surface area contributed by atoms with E-state index < -0.39 is 0 Å². The van der Waals surface area contributed by atoms with Crippen LogP contribution in [0.25, 0.3) is 0 Å². The molecule has 1 fully saturated rings. The van der Waals surface area contributed by atoms with Crippen molar-refractivity contribution in [2.45, 2.75) is 5.41 Å². The Morgan fingerprint density at radius 1 is 1.38 bits per heavy atom. The third kappa shape index (κ3) is 1.34. The number of hydrogen-bond donors (Lipinski definition) is 0. The van der Waals surface area contributed by atoms with Crippen LogP contribution in [-0.2, 0) is 10.2 Å². The second-order valence-corrected chi connectivity index (χ2v) is 3.65. The summed E-state index contributed by atoms with van der Waals surface area (Å²) in [4.78, 5) is 0. The first-order valence-electron chi connectivity index (χ1n) is 4.17. The van der Waals surface area contributed by atoms with Crippen molar-refractivity contribution >= 4 is 11.6 Å². The van der Waals surface area contributed by atoms with Gasteiger partial charge in [-0.05, 0) is 11.6 Å². The number of rotatable bonds is 2. The molecule has 0 aromatic heterocycles.